The van der Waals surface area contributed by atoms with Crippen molar-refractivity contribution in [1.82, 2.24) is 9.97 Å². The standard InChI is InChI=1S/C6H3N3O3/c10-9(11)6-7-4-2-1-3-12-5(4)8-6/h1-3H. The Labute approximate surface area is 66.4 Å². The lowest BCUT2D eigenvalue weighted by atomic mass is 10.4. The second-order valence-electron chi connectivity index (χ2n) is 2.08. The SMILES string of the molecule is O=[N+]([O-])c1nc2cccoc-2n1. The van der Waals surface area contributed by atoms with E-state index < -0.39 is 10.9 Å². The van der Waals surface area contributed by atoms with Crippen molar-refractivity contribution in [3.05, 3.63) is 28.5 Å². The van der Waals surface area contributed by atoms with E-state index in [0.29, 0.717) is 5.69 Å². The molecule has 0 N–H and O–H groups in total. The molecule has 0 saturated heterocycles. The molecule has 0 atom stereocenters. The Morgan fingerprint density at radius 3 is 3.00 bits per heavy atom. The zero-order valence-electron chi connectivity index (χ0n) is 5.80. The summed E-state index contributed by atoms with van der Waals surface area (Å²) in [5.41, 5.74) is 0.393. The van der Waals surface area contributed by atoms with Crippen LogP contribution in [0.3, 0.4) is 0 Å². The molecule has 0 aliphatic carbocycles. The van der Waals surface area contributed by atoms with Gasteiger partial charge in [-0.1, -0.05) is 4.98 Å². The van der Waals surface area contributed by atoms with Crippen molar-refractivity contribution in [2.45, 2.75) is 0 Å². The number of hydrogen-bond acceptors (Lipinski definition) is 5. The maximum atomic E-state index is 10.2. The molecule has 0 unspecified atom stereocenters. The maximum Gasteiger partial charge on any atom is 0.473 e. The van der Waals surface area contributed by atoms with E-state index in [9.17, 15) is 10.1 Å². The van der Waals surface area contributed by atoms with Crippen molar-refractivity contribution >= 4 is 5.95 Å². The minimum atomic E-state index is -0.657. The first-order chi connectivity index (χ1) is 5.77. The van der Waals surface area contributed by atoms with Crippen LogP contribution in [0.4, 0.5) is 5.95 Å². The van der Waals surface area contributed by atoms with Crippen LogP contribution in [-0.2, 0) is 0 Å². The second-order valence-corrected chi connectivity index (χ2v) is 2.08. The highest BCUT2D eigenvalue weighted by Gasteiger charge is 2.23. The third kappa shape index (κ3) is 0.895. The number of nitrogens with zero attached hydrogens (tertiary/aromatic N) is 3. The quantitative estimate of drug-likeness (QED) is 0.466. The number of fused-ring (bicyclic) bond motifs is 1. The van der Waals surface area contributed by atoms with E-state index in [1.54, 1.807) is 12.1 Å². The highest BCUT2D eigenvalue weighted by Crippen LogP contribution is 2.20. The highest BCUT2D eigenvalue weighted by molar-refractivity contribution is 5.50. The summed E-state index contributed by atoms with van der Waals surface area (Å²) in [6, 6.07) is 3.19. The molecule has 2 rings (SSSR count). The predicted molar refractivity (Wildman–Crippen MR) is 37.6 cm³/mol. The van der Waals surface area contributed by atoms with Crippen LogP contribution in [0.1, 0.15) is 0 Å². The molecule has 60 valence electrons. The Bertz CT molecular complexity index is 367. The summed E-state index contributed by atoms with van der Waals surface area (Å²) in [6.07, 6.45) is 1.39. The molecule has 2 heterocycles. The van der Waals surface area contributed by atoms with Crippen LogP contribution in [0, 0.1) is 10.1 Å². The number of rotatable bonds is 1. The van der Waals surface area contributed by atoms with E-state index in [-0.39, 0.29) is 5.89 Å². The van der Waals surface area contributed by atoms with Gasteiger partial charge >= 0.3 is 11.8 Å². The van der Waals surface area contributed by atoms with Crippen molar-refractivity contribution in [3.63, 3.8) is 0 Å². The first kappa shape index (κ1) is 6.71. The van der Waals surface area contributed by atoms with Gasteiger partial charge in [0, 0.05) is 0 Å². The maximum absolute atomic E-state index is 10.2. The largest absolute Gasteiger partial charge is 0.473 e. The van der Waals surface area contributed by atoms with E-state index in [1.807, 2.05) is 0 Å². The molecule has 6 heteroatoms. The Morgan fingerprint density at radius 1 is 1.50 bits per heavy atom. The first-order valence-electron chi connectivity index (χ1n) is 3.13. The molecular formula is C6H3N3O3. The summed E-state index contributed by atoms with van der Waals surface area (Å²) in [5.74, 6) is -0.246. The van der Waals surface area contributed by atoms with Gasteiger partial charge in [0.2, 0.25) is 5.69 Å². The Balaban J connectivity index is 2.63. The number of nitro groups is 1. The predicted octanol–water partition coefficient (Wildman–Crippen LogP) is 1.08. The van der Waals surface area contributed by atoms with Gasteiger partial charge in [0.05, 0.1) is 6.26 Å². The Morgan fingerprint density at radius 2 is 2.33 bits per heavy atom. The van der Waals surface area contributed by atoms with Crippen LogP contribution in [0.25, 0.3) is 11.6 Å². The Hall–Kier alpha value is -1.98. The molecule has 0 aromatic carbocycles. The van der Waals surface area contributed by atoms with Crippen LogP contribution in [-0.4, -0.2) is 14.9 Å². The van der Waals surface area contributed by atoms with Gasteiger partial charge in [-0.15, -0.1) is 0 Å². The molecule has 12 heavy (non-hydrogen) atoms. The summed E-state index contributed by atoms with van der Waals surface area (Å²) >= 11 is 0. The van der Waals surface area contributed by atoms with Gasteiger partial charge in [-0.25, -0.2) is 0 Å². The summed E-state index contributed by atoms with van der Waals surface area (Å²) in [6.45, 7) is 0. The van der Waals surface area contributed by atoms with E-state index in [0.717, 1.165) is 0 Å². The summed E-state index contributed by atoms with van der Waals surface area (Å²) in [5, 5.41) is 10.2. The fraction of sp³-hybridized carbons (Fsp3) is 0. The molecule has 0 spiro atoms. The summed E-state index contributed by atoms with van der Waals surface area (Å²) < 4.78 is 4.86. The van der Waals surface area contributed by atoms with Crippen LogP contribution in [0.2, 0.25) is 0 Å². The number of aromatic nitrogens is 2. The van der Waals surface area contributed by atoms with Gasteiger partial charge in [-0.2, -0.15) is 0 Å². The van der Waals surface area contributed by atoms with Crippen molar-refractivity contribution < 1.29 is 9.34 Å². The minimum absolute atomic E-state index is 0.184. The normalized spacial score (nSPS) is 10.3. The van der Waals surface area contributed by atoms with Crippen LogP contribution in [0.15, 0.2) is 22.8 Å². The van der Waals surface area contributed by atoms with Gasteiger partial charge in [0.1, 0.15) is 0 Å². The molecule has 2 aliphatic rings. The average Bonchev–Trinajstić information content (AvgIpc) is 2.46. The molecule has 0 amide bonds. The molecule has 2 aliphatic heterocycles. The molecule has 0 saturated carbocycles. The fourth-order valence-corrected chi connectivity index (χ4v) is 0.840. The van der Waals surface area contributed by atoms with Crippen LogP contribution in [0.5, 0.6) is 0 Å². The zero-order chi connectivity index (χ0) is 8.55. The summed E-state index contributed by atoms with van der Waals surface area (Å²) in [4.78, 5) is 16.7. The monoisotopic (exact) mass is 165 g/mol. The van der Waals surface area contributed by atoms with Crippen molar-refractivity contribution in [1.29, 1.82) is 0 Å². The number of hydrogen-bond donors (Lipinski definition) is 0. The van der Waals surface area contributed by atoms with E-state index in [4.69, 9.17) is 4.42 Å². The molecular weight excluding hydrogens is 162 g/mol. The summed E-state index contributed by atoms with van der Waals surface area (Å²) in [7, 11) is 0. The lowest BCUT2D eigenvalue weighted by Crippen LogP contribution is -1.88. The smallest absolute Gasteiger partial charge is 0.432 e. The lowest BCUT2D eigenvalue weighted by Gasteiger charge is -1.82. The number of imidazole rings is 1. The van der Waals surface area contributed by atoms with E-state index in [2.05, 4.69) is 9.97 Å². The minimum Gasteiger partial charge on any atom is -0.432 e. The molecule has 0 aromatic rings. The second kappa shape index (κ2) is 2.26. The molecule has 0 radical (unpaired) electrons. The van der Waals surface area contributed by atoms with E-state index >= 15 is 0 Å². The molecule has 0 fully saturated rings. The molecule has 6 nitrogen and oxygen atoms in total. The molecule has 0 bridgehead atoms. The van der Waals surface area contributed by atoms with Gasteiger partial charge in [0.15, 0.2) is 0 Å². The van der Waals surface area contributed by atoms with Crippen LogP contribution < -0.4 is 0 Å². The lowest BCUT2D eigenvalue weighted by molar-refractivity contribution is -0.393. The van der Waals surface area contributed by atoms with E-state index in [1.165, 1.54) is 6.26 Å². The van der Waals surface area contributed by atoms with Crippen molar-refractivity contribution in [3.8, 4) is 11.6 Å². The highest BCUT2D eigenvalue weighted by atomic mass is 16.6. The van der Waals surface area contributed by atoms with Crippen molar-refractivity contribution in [2.24, 2.45) is 0 Å². The average molecular weight is 165 g/mol. The van der Waals surface area contributed by atoms with Gasteiger partial charge in [0.25, 0.3) is 0 Å². The van der Waals surface area contributed by atoms with Gasteiger partial charge in [-0.3, -0.25) is 0 Å². The third-order valence-electron chi connectivity index (χ3n) is 1.32. The first-order valence-corrected chi connectivity index (χ1v) is 3.13. The molecule has 0 aromatic heterocycles. The Kier molecular flexibility index (Phi) is 1.26. The van der Waals surface area contributed by atoms with Crippen molar-refractivity contribution in [2.75, 3.05) is 0 Å². The topological polar surface area (TPSA) is 82.1 Å². The third-order valence-corrected chi connectivity index (χ3v) is 1.32. The zero-order valence-corrected chi connectivity index (χ0v) is 5.80. The fourth-order valence-electron chi connectivity index (χ4n) is 0.840. The van der Waals surface area contributed by atoms with Gasteiger partial charge in [-0.05, 0) is 22.0 Å². The van der Waals surface area contributed by atoms with Crippen LogP contribution >= 0.6 is 0 Å². The van der Waals surface area contributed by atoms with Gasteiger partial charge < -0.3 is 14.5 Å².